The second kappa shape index (κ2) is 3.35. The van der Waals surface area contributed by atoms with Crippen molar-refractivity contribution in [1.29, 1.82) is 0 Å². The molecule has 0 fully saturated rings. The molecule has 1 atom stereocenters. The van der Waals surface area contributed by atoms with Crippen LogP contribution in [0.4, 0.5) is 0 Å². The molecule has 1 aliphatic rings. The molecule has 3 rings (SSSR count). The Balaban J connectivity index is 2.05. The standard InChI is InChI=1S/C12H10N2O/c1-2-5-11-9(4-1)10(8-15-11)12-13-6-3-7-14-12/h1-7,10H,8H2. The number of rotatable bonds is 1. The molecule has 1 aliphatic heterocycles. The smallest absolute Gasteiger partial charge is 0.139 e. The first-order valence-electron chi connectivity index (χ1n) is 4.94. The van der Waals surface area contributed by atoms with Gasteiger partial charge in [-0.2, -0.15) is 0 Å². The fourth-order valence-electron chi connectivity index (χ4n) is 1.87. The molecular formula is C12H10N2O. The Morgan fingerprint density at radius 3 is 2.73 bits per heavy atom. The second-order valence-electron chi connectivity index (χ2n) is 3.51. The first-order valence-corrected chi connectivity index (χ1v) is 4.94. The molecule has 15 heavy (non-hydrogen) atoms. The van der Waals surface area contributed by atoms with Gasteiger partial charge in [0.05, 0.1) is 5.92 Å². The molecule has 2 aromatic rings. The van der Waals surface area contributed by atoms with Crippen LogP contribution in [0, 0.1) is 0 Å². The summed E-state index contributed by atoms with van der Waals surface area (Å²) >= 11 is 0. The highest BCUT2D eigenvalue weighted by atomic mass is 16.5. The van der Waals surface area contributed by atoms with Gasteiger partial charge >= 0.3 is 0 Å². The Bertz CT molecular complexity index is 470. The van der Waals surface area contributed by atoms with Crippen molar-refractivity contribution >= 4 is 0 Å². The Morgan fingerprint density at radius 1 is 1.07 bits per heavy atom. The van der Waals surface area contributed by atoms with E-state index in [1.165, 1.54) is 5.56 Å². The minimum absolute atomic E-state index is 0.183. The van der Waals surface area contributed by atoms with E-state index >= 15 is 0 Å². The molecule has 0 spiro atoms. The lowest BCUT2D eigenvalue weighted by Gasteiger charge is -2.05. The average molecular weight is 198 g/mol. The SMILES string of the molecule is c1cnc(C2COc3ccccc32)nc1. The number of para-hydroxylation sites is 1. The predicted molar refractivity (Wildman–Crippen MR) is 55.8 cm³/mol. The summed E-state index contributed by atoms with van der Waals surface area (Å²) in [5, 5.41) is 0. The van der Waals surface area contributed by atoms with Crippen molar-refractivity contribution in [3.63, 3.8) is 0 Å². The lowest BCUT2D eigenvalue weighted by molar-refractivity contribution is 0.339. The Morgan fingerprint density at radius 2 is 1.87 bits per heavy atom. The number of hydrogen-bond acceptors (Lipinski definition) is 3. The minimum atomic E-state index is 0.183. The van der Waals surface area contributed by atoms with Crippen LogP contribution in [-0.2, 0) is 0 Å². The molecular weight excluding hydrogens is 188 g/mol. The summed E-state index contributed by atoms with van der Waals surface area (Å²) in [7, 11) is 0. The lowest BCUT2D eigenvalue weighted by atomic mass is 10.0. The third-order valence-corrected chi connectivity index (χ3v) is 2.60. The number of aromatic nitrogens is 2. The van der Waals surface area contributed by atoms with E-state index in [4.69, 9.17) is 4.74 Å². The molecule has 2 heterocycles. The van der Waals surface area contributed by atoms with Crippen LogP contribution in [0.1, 0.15) is 17.3 Å². The molecule has 0 saturated heterocycles. The van der Waals surface area contributed by atoms with Gasteiger partial charge in [0.2, 0.25) is 0 Å². The highest BCUT2D eigenvalue weighted by molar-refractivity contribution is 5.42. The van der Waals surface area contributed by atoms with Crippen molar-refractivity contribution < 1.29 is 4.74 Å². The summed E-state index contributed by atoms with van der Waals surface area (Å²) in [6.45, 7) is 0.642. The van der Waals surface area contributed by atoms with Crippen molar-refractivity contribution in [3.8, 4) is 5.75 Å². The molecule has 0 radical (unpaired) electrons. The molecule has 3 heteroatoms. The van der Waals surface area contributed by atoms with E-state index in [1.54, 1.807) is 12.4 Å². The molecule has 0 bridgehead atoms. The molecule has 1 aromatic carbocycles. The summed E-state index contributed by atoms with van der Waals surface area (Å²) in [5.74, 6) is 1.97. The highest BCUT2D eigenvalue weighted by Gasteiger charge is 2.26. The van der Waals surface area contributed by atoms with Crippen molar-refractivity contribution in [2.24, 2.45) is 0 Å². The van der Waals surface area contributed by atoms with Crippen LogP contribution in [0.5, 0.6) is 5.75 Å². The summed E-state index contributed by atoms with van der Waals surface area (Å²) in [4.78, 5) is 8.54. The third kappa shape index (κ3) is 1.36. The van der Waals surface area contributed by atoms with Gasteiger partial charge in [-0.05, 0) is 12.1 Å². The van der Waals surface area contributed by atoms with Crippen LogP contribution < -0.4 is 4.74 Å². The summed E-state index contributed by atoms with van der Waals surface area (Å²) in [5.41, 5.74) is 1.18. The Hall–Kier alpha value is -1.90. The minimum Gasteiger partial charge on any atom is -0.492 e. The van der Waals surface area contributed by atoms with Gasteiger partial charge in [-0.1, -0.05) is 18.2 Å². The van der Waals surface area contributed by atoms with E-state index in [-0.39, 0.29) is 5.92 Å². The van der Waals surface area contributed by atoms with Crippen molar-refractivity contribution in [2.45, 2.75) is 5.92 Å². The summed E-state index contributed by atoms with van der Waals surface area (Å²) < 4.78 is 5.59. The van der Waals surface area contributed by atoms with E-state index in [9.17, 15) is 0 Å². The van der Waals surface area contributed by atoms with Crippen LogP contribution >= 0.6 is 0 Å². The molecule has 0 amide bonds. The average Bonchev–Trinajstić information content (AvgIpc) is 2.74. The van der Waals surface area contributed by atoms with Gasteiger partial charge in [-0.15, -0.1) is 0 Å². The maximum atomic E-state index is 5.59. The first-order chi connectivity index (χ1) is 7.45. The molecule has 1 unspecified atom stereocenters. The number of benzene rings is 1. The predicted octanol–water partition coefficient (Wildman–Crippen LogP) is 2.00. The van der Waals surface area contributed by atoms with Gasteiger partial charge in [0.15, 0.2) is 0 Å². The molecule has 3 nitrogen and oxygen atoms in total. The van der Waals surface area contributed by atoms with Gasteiger partial charge in [-0.3, -0.25) is 0 Å². The maximum absolute atomic E-state index is 5.59. The first kappa shape index (κ1) is 8.41. The molecule has 0 N–H and O–H groups in total. The number of hydrogen-bond donors (Lipinski definition) is 0. The number of nitrogens with zero attached hydrogens (tertiary/aromatic N) is 2. The topological polar surface area (TPSA) is 35.0 Å². The Kier molecular flexibility index (Phi) is 1.88. The van der Waals surface area contributed by atoms with Gasteiger partial charge in [0.25, 0.3) is 0 Å². The van der Waals surface area contributed by atoms with Crippen LogP contribution in [0.3, 0.4) is 0 Å². The summed E-state index contributed by atoms with van der Waals surface area (Å²) in [6, 6.07) is 9.88. The quantitative estimate of drug-likeness (QED) is 0.703. The zero-order valence-electron chi connectivity index (χ0n) is 8.13. The van der Waals surface area contributed by atoms with Crippen LogP contribution in [0.25, 0.3) is 0 Å². The van der Waals surface area contributed by atoms with Gasteiger partial charge in [0.1, 0.15) is 18.2 Å². The molecule has 74 valence electrons. The van der Waals surface area contributed by atoms with E-state index < -0.39 is 0 Å². The van der Waals surface area contributed by atoms with Crippen molar-refractivity contribution in [2.75, 3.05) is 6.61 Å². The van der Waals surface area contributed by atoms with E-state index in [2.05, 4.69) is 16.0 Å². The van der Waals surface area contributed by atoms with Crippen molar-refractivity contribution in [3.05, 3.63) is 54.1 Å². The van der Waals surface area contributed by atoms with Crippen LogP contribution in [0.15, 0.2) is 42.7 Å². The molecule has 1 aromatic heterocycles. The summed E-state index contributed by atoms with van der Waals surface area (Å²) in [6.07, 6.45) is 3.53. The van der Waals surface area contributed by atoms with Crippen molar-refractivity contribution in [1.82, 2.24) is 9.97 Å². The highest BCUT2D eigenvalue weighted by Crippen LogP contribution is 2.35. The van der Waals surface area contributed by atoms with E-state index in [0.717, 1.165) is 11.6 Å². The lowest BCUT2D eigenvalue weighted by Crippen LogP contribution is -2.06. The monoisotopic (exact) mass is 198 g/mol. The fraction of sp³-hybridized carbons (Fsp3) is 0.167. The second-order valence-corrected chi connectivity index (χ2v) is 3.51. The van der Waals surface area contributed by atoms with Crippen LogP contribution in [0.2, 0.25) is 0 Å². The van der Waals surface area contributed by atoms with E-state index in [1.807, 2.05) is 24.3 Å². The molecule has 0 saturated carbocycles. The van der Waals surface area contributed by atoms with E-state index in [0.29, 0.717) is 6.61 Å². The van der Waals surface area contributed by atoms with Gasteiger partial charge in [-0.25, -0.2) is 9.97 Å². The van der Waals surface area contributed by atoms with Gasteiger partial charge in [0, 0.05) is 18.0 Å². The zero-order valence-corrected chi connectivity index (χ0v) is 8.13. The zero-order chi connectivity index (χ0) is 10.1. The normalized spacial score (nSPS) is 18.3. The maximum Gasteiger partial charge on any atom is 0.139 e. The number of ether oxygens (including phenoxy) is 1. The van der Waals surface area contributed by atoms with Gasteiger partial charge < -0.3 is 4.74 Å². The van der Waals surface area contributed by atoms with Crippen LogP contribution in [-0.4, -0.2) is 16.6 Å². The molecule has 0 aliphatic carbocycles. The largest absolute Gasteiger partial charge is 0.492 e. The fourth-order valence-corrected chi connectivity index (χ4v) is 1.87. The Labute approximate surface area is 87.8 Å². The third-order valence-electron chi connectivity index (χ3n) is 2.60. The number of fused-ring (bicyclic) bond motifs is 1.